The van der Waals surface area contributed by atoms with Crippen LogP contribution < -0.4 is 5.32 Å². The van der Waals surface area contributed by atoms with Gasteiger partial charge in [0.1, 0.15) is 0 Å². The van der Waals surface area contributed by atoms with Crippen LogP contribution in [0, 0.1) is 0 Å². The van der Waals surface area contributed by atoms with E-state index in [9.17, 15) is 14.4 Å². The number of rotatable bonds is 4. The van der Waals surface area contributed by atoms with E-state index in [0.717, 1.165) is 0 Å². The summed E-state index contributed by atoms with van der Waals surface area (Å²) in [5, 5.41) is 10.5. The first-order valence-electron chi connectivity index (χ1n) is 4.70. The van der Waals surface area contributed by atoms with E-state index in [1.54, 1.807) is 30.3 Å². The monoisotopic (exact) mass is 221 g/mol. The third-order valence-electron chi connectivity index (χ3n) is 1.85. The number of carbonyl (C=O) groups is 3. The second-order valence-electron chi connectivity index (χ2n) is 3.14. The third kappa shape index (κ3) is 3.91. The van der Waals surface area contributed by atoms with Crippen LogP contribution in [-0.4, -0.2) is 22.9 Å². The van der Waals surface area contributed by atoms with E-state index in [0.29, 0.717) is 5.56 Å². The van der Waals surface area contributed by atoms with Gasteiger partial charge in [-0.25, -0.2) is 0 Å². The summed E-state index contributed by atoms with van der Waals surface area (Å²) >= 11 is 0. The number of hydrogen-bond donors (Lipinski definition) is 2. The van der Waals surface area contributed by atoms with Crippen LogP contribution in [0.25, 0.3) is 0 Å². The quantitative estimate of drug-likeness (QED) is 0.788. The van der Waals surface area contributed by atoms with Crippen molar-refractivity contribution in [2.45, 2.75) is 12.8 Å². The van der Waals surface area contributed by atoms with Crippen LogP contribution >= 0.6 is 0 Å². The molecule has 5 nitrogen and oxygen atoms in total. The Hall–Kier alpha value is -2.17. The molecule has 0 fully saturated rings. The number of aliphatic carboxylic acids is 1. The van der Waals surface area contributed by atoms with Crippen molar-refractivity contribution in [3.63, 3.8) is 0 Å². The van der Waals surface area contributed by atoms with Gasteiger partial charge in [0, 0.05) is 12.0 Å². The summed E-state index contributed by atoms with van der Waals surface area (Å²) in [6, 6.07) is 8.25. The van der Waals surface area contributed by atoms with E-state index in [1.807, 2.05) is 0 Å². The van der Waals surface area contributed by atoms with Gasteiger partial charge < -0.3 is 5.11 Å². The molecule has 0 spiro atoms. The van der Waals surface area contributed by atoms with Gasteiger partial charge in [-0.1, -0.05) is 18.2 Å². The van der Waals surface area contributed by atoms with E-state index in [2.05, 4.69) is 5.32 Å². The number of amides is 2. The molecule has 1 aromatic carbocycles. The third-order valence-corrected chi connectivity index (χ3v) is 1.85. The summed E-state index contributed by atoms with van der Waals surface area (Å²) in [5.41, 5.74) is 0.367. The van der Waals surface area contributed by atoms with Gasteiger partial charge >= 0.3 is 5.97 Å². The number of benzene rings is 1. The molecule has 84 valence electrons. The maximum Gasteiger partial charge on any atom is 0.303 e. The zero-order chi connectivity index (χ0) is 12.0. The molecule has 1 rings (SSSR count). The minimum Gasteiger partial charge on any atom is -0.481 e. The molecule has 2 amide bonds. The lowest BCUT2D eigenvalue weighted by atomic mass is 10.2. The second-order valence-corrected chi connectivity index (χ2v) is 3.14. The molecule has 0 aliphatic carbocycles. The van der Waals surface area contributed by atoms with Gasteiger partial charge in [-0.05, 0) is 12.1 Å². The number of carbonyl (C=O) groups excluding carboxylic acids is 2. The lowest BCUT2D eigenvalue weighted by Gasteiger charge is -2.02. The minimum absolute atomic E-state index is 0.200. The lowest BCUT2D eigenvalue weighted by molar-refractivity contribution is -0.138. The lowest BCUT2D eigenvalue weighted by Crippen LogP contribution is -2.30. The molecule has 0 unspecified atom stereocenters. The van der Waals surface area contributed by atoms with Crippen LogP contribution in [0.15, 0.2) is 30.3 Å². The molecular formula is C11H11NO4. The largest absolute Gasteiger partial charge is 0.481 e. The Morgan fingerprint density at radius 1 is 1.06 bits per heavy atom. The molecule has 0 aliphatic rings. The van der Waals surface area contributed by atoms with Crippen LogP contribution in [0.5, 0.6) is 0 Å². The van der Waals surface area contributed by atoms with Crippen molar-refractivity contribution in [1.29, 1.82) is 0 Å². The number of imide groups is 1. The highest BCUT2D eigenvalue weighted by Crippen LogP contribution is 1.98. The Balaban J connectivity index is 2.46. The molecule has 5 heteroatoms. The van der Waals surface area contributed by atoms with Crippen LogP contribution in [-0.2, 0) is 9.59 Å². The van der Waals surface area contributed by atoms with Crippen LogP contribution in [0.2, 0.25) is 0 Å². The summed E-state index contributed by atoms with van der Waals surface area (Å²) < 4.78 is 0. The van der Waals surface area contributed by atoms with Crippen molar-refractivity contribution in [3.05, 3.63) is 35.9 Å². The van der Waals surface area contributed by atoms with Crippen LogP contribution in [0.1, 0.15) is 23.2 Å². The topological polar surface area (TPSA) is 83.5 Å². The second kappa shape index (κ2) is 5.65. The van der Waals surface area contributed by atoms with Crippen molar-refractivity contribution in [2.24, 2.45) is 0 Å². The fourth-order valence-corrected chi connectivity index (χ4v) is 1.07. The number of carboxylic acid groups (broad SMARTS) is 1. The van der Waals surface area contributed by atoms with Crippen molar-refractivity contribution < 1.29 is 19.5 Å². The average molecular weight is 221 g/mol. The van der Waals surface area contributed by atoms with Gasteiger partial charge in [-0.3, -0.25) is 19.7 Å². The van der Waals surface area contributed by atoms with E-state index in [4.69, 9.17) is 5.11 Å². The van der Waals surface area contributed by atoms with Gasteiger partial charge in [-0.2, -0.15) is 0 Å². The fourth-order valence-electron chi connectivity index (χ4n) is 1.07. The maximum absolute atomic E-state index is 11.4. The molecular weight excluding hydrogens is 210 g/mol. The predicted octanol–water partition coefficient (Wildman–Crippen LogP) is 0.808. The summed E-state index contributed by atoms with van der Waals surface area (Å²) in [6.45, 7) is 0. The van der Waals surface area contributed by atoms with E-state index in [1.165, 1.54) is 0 Å². The molecule has 1 aromatic rings. The average Bonchev–Trinajstić information content (AvgIpc) is 2.27. The summed E-state index contributed by atoms with van der Waals surface area (Å²) in [5.74, 6) is -2.17. The van der Waals surface area contributed by atoms with E-state index < -0.39 is 17.8 Å². The summed E-state index contributed by atoms with van der Waals surface area (Å²) in [6.07, 6.45) is -0.484. The Bertz CT molecular complexity index is 400. The smallest absolute Gasteiger partial charge is 0.303 e. The zero-order valence-electron chi connectivity index (χ0n) is 8.47. The molecule has 0 saturated carbocycles. The van der Waals surface area contributed by atoms with Crippen molar-refractivity contribution >= 4 is 17.8 Å². The van der Waals surface area contributed by atoms with Gasteiger partial charge in [-0.15, -0.1) is 0 Å². The first-order chi connectivity index (χ1) is 7.59. The molecule has 0 atom stereocenters. The summed E-state index contributed by atoms with van der Waals surface area (Å²) in [7, 11) is 0. The molecule has 0 bridgehead atoms. The van der Waals surface area contributed by atoms with Crippen molar-refractivity contribution in [2.75, 3.05) is 0 Å². The Labute approximate surface area is 92.1 Å². The van der Waals surface area contributed by atoms with E-state index >= 15 is 0 Å². The predicted molar refractivity (Wildman–Crippen MR) is 55.8 cm³/mol. The molecule has 0 heterocycles. The van der Waals surface area contributed by atoms with Gasteiger partial charge in [0.15, 0.2) is 0 Å². The first-order valence-corrected chi connectivity index (χ1v) is 4.70. The molecule has 2 N–H and O–H groups in total. The highest BCUT2D eigenvalue weighted by molar-refractivity contribution is 6.04. The standard InChI is InChI=1S/C11H11NO4/c13-9(6-7-10(14)15)12-11(16)8-4-2-1-3-5-8/h1-5H,6-7H2,(H,14,15)(H,12,13,16). The number of nitrogens with one attached hydrogen (secondary N) is 1. The molecule has 0 radical (unpaired) electrons. The van der Waals surface area contributed by atoms with Crippen LogP contribution in [0.3, 0.4) is 0 Å². The molecule has 0 saturated heterocycles. The molecule has 16 heavy (non-hydrogen) atoms. The van der Waals surface area contributed by atoms with E-state index in [-0.39, 0.29) is 12.8 Å². The van der Waals surface area contributed by atoms with Crippen molar-refractivity contribution in [1.82, 2.24) is 5.32 Å². The Morgan fingerprint density at radius 2 is 1.69 bits per heavy atom. The number of carboxylic acids is 1. The van der Waals surface area contributed by atoms with Gasteiger partial charge in [0.25, 0.3) is 5.91 Å². The van der Waals surface area contributed by atoms with Gasteiger partial charge in [0.05, 0.1) is 6.42 Å². The normalized spacial score (nSPS) is 9.50. The summed E-state index contributed by atoms with van der Waals surface area (Å²) in [4.78, 5) is 32.8. The van der Waals surface area contributed by atoms with Gasteiger partial charge in [0.2, 0.25) is 5.91 Å². The maximum atomic E-state index is 11.4. The number of hydrogen-bond acceptors (Lipinski definition) is 3. The molecule has 0 aliphatic heterocycles. The Morgan fingerprint density at radius 3 is 2.25 bits per heavy atom. The highest BCUT2D eigenvalue weighted by Gasteiger charge is 2.10. The highest BCUT2D eigenvalue weighted by atomic mass is 16.4. The Kier molecular flexibility index (Phi) is 4.20. The zero-order valence-corrected chi connectivity index (χ0v) is 8.47. The molecule has 0 aromatic heterocycles. The first kappa shape index (κ1) is 11.9. The SMILES string of the molecule is O=C(O)CCC(=O)NC(=O)c1ccccc1. The fraction of sp³-hybridized carbons (Fsp3) is 0.182. The minimum atomic E-state index is -1.07. The van der Waals surface area contributed by atoms with Crippen molar-refractivity contribution in [3.8, 4) is 0 Å². The van der Waals surface area contributed by atoms with Crippen LogP contribution in [0.4, 0.5) is 0 Å².